The summed E-state index contributed by atoms with van der Waals surface area (Å²) >= 11 is 0. The smallest absolute Gasteiger partial charge is 0.273 e. The van der Waals surface area contributed by atoms with Crippen LogP contribution in [0.15, 0.2) is 35.9 Å². The van der Waals surface area contributed by atoms with Crippen molar-refractivity contribution < 1.29 is 24.0 Å². The van der Waals surface area contributed by atoms with Gasteiger partial charge in [0.15, 0.2) is 5.69 Å². The normalized spacial score (nSPS) is 23.7. The maximum atomic E-state index is 14.5. The van der Waals surface area contributed by atoms with Gasteiger partial charge in [0.1, 0.15) is 12.6 Å². The number of halogens is 1. The van der Waals surface area contributed by atoms with Crippen molar-refractivity contribution in [2.45, 2.75) is 45.3 Å². The zero-order valence-electron chi connectivity index (χ0n) is 18.0. The fourth-order valence-electron chi connectivity index (χ4n) is 4.58. The third kappa shape index (κ3) is 3.64. The lowest BCUT2D eigenvalue weighted by Crippen LogP contribution is -2.48. The van der Waals surface area contributed by atoms with Gasteiger partial charge in [-0.3, -0.25) is 19.1 Å². The Morgan fingerprint density at radius 3 is 2.69 bits per heavy atom. The summed E-state index contributed by atoms with van der Waals surface area (Å²) in [5.41, 5.74) is 6.32. The number of aromatic nitrogens is 2. The second-order valence-electron chi connectivity index (χ2n) is 8.81. The average molecular weight is 443 g/mol. The number of aliphatic hydroxyl groups is 1. The van der Waals surface area contributed by atoms with Gasteiger partial charge in [-0.05, 0) is 32.8 Å². The molecule has 3 N–H and O–H groups in total. The monoisotopic (exact) mass is 443 g/mol. The molecule has 1 aromatic carbocycles. The summed E-state index contributed by atoms with van der Waals surface area (Å²) in [6.45, 7) is 2.98. The summed E-state index contributed by atoms with van der Waals surface area (Å²) in [5, 5.41) is 14.7. The topological polar surface area (TPSA) is 122 Å². The van der Waals surface area contributed by atoms with E-state index >= 15 is 0 Å². The van der Waals surface area contributed by atoms with E-state index < -0.39 is 29.2 Å². The number of allylic oxidation sites excluding steroid dienone is 1. The van der Waals surface area contributed by atoms with Crippen LogP contribution in [0.25, 0.3) is 10.9 Å². The van der Waals surface area contributed by atoms with Crippen molar-refractivity contribution in [2.24, 2.45) is 11.1 Å². The van der Waals surface area contributed by atoms with E-state index in [0.717, 1.165) is 5.57 Å². The molecule has 1 aliphatic carbocycles. The molecule has 1 saturated carbocycles. The Hall–Kier alpha value is -3.27. The lowest BCUT2D eigenvalue weighted by Gasteiger charge is -2.28. The number of aliphatic hydroxyl groups excluding tert-OH is 1. The first-order chi connectivity index (χ1) is 15.2. The number of likely N-dealkylation sites (tertiary alicyclic amines) is 1. The maximum Gasteiger partial charge on any atom is 0.273 e. The molecule has 32 heavy (non-hydrogen) atoms. The minimum absolute atomic E-state index is 0.0511. The molecule has 4 rings (SSSR count). The highest BCUT2D eigenvalue weighted by Gasteiger charge is 2.67. The first-order valence-corrected chi connectivity index (χ1v) is 10.5. The van der Waals surface area contributed by atoms with Gasteiger partial charge in [-0.25, -0.2) is 0 Å². The number of fused-ring (bicyclic) bond motifs is 2. The largest absolute Gasteiger partial charge is 0.396 e. The van der Waals surface area contributed by atoms with Crippen LogP contribution >= 0.6 is 0 Å². The van der Waals surface area contributed by atoms with Gasteiger partial charge < -0.3 is 15.7 Å². The van der Waals surface area contributed by atoms with E-state index in [1.165, 1.54) is 9.58 Å². The molecule has 2 aromatic rings. The Balaban J connectivity index is 1.60. The molecule has 1 aliphatic heterocycles. The summed E-state index contributed by atoms with van der Waals surface area (Å²) in [6, 6.07) is 5.56. The third-order valence-electron chi connectivity index (χ3n) is 6.38. The molecular formula is C22H26FN5O4. The van der Waals surface area contributed by atoms with Crippen molar-refractivity contribution >= 4 is 28.6 Å². The fourth-order valence-corrected chi connectivity index (χ4v) is 4.58. The van der Waals surface area contributed by atoms with E-state index in [-0.39, 0.29) is 43.0 Å². The first kappa shape index (κ1) is 21.9. The van der Waals surface area contributed by atoms with Crippen LogP contribution < -0.4 is 5.73 Å². The van der Waals surface area contributed by atoms with Gasteiger partial charge in [-0.1, -0.05) is 34.3 Å². The Kier molecular flexibility index (Phi) is 5.49. The molecule has 1 aromatic heterocycles. The summed E-state index contributed by atoms with van der Waals surface area (Å²) in [5.74, 6) is -1.95. The van der Waals surface area contributed by atoms with Crippen molar-refractivity contribution in [2.75, 3.05) is 13.2 Å². The van der Waals surface area contributed by atoms with Gasteiger partial charge in [0, 0.05) is 16.8 Å². The number of hydrogen-bond donors (Lipinski definition) is 2. The number of carbonyl (C=O) groups excluding carboxylic acids is 3. The highest BCUT2D eigenvalue weighted by molar-refractivity contribution is 6.04. The summed E-state index contributed by atoms with van der Waals surface area (Å²) in [4.78, 5) is 39.3. The molecule has 0 spiro atoms. The zero-order valence-corrected chi connectivity index (χ0v) is 18.0. The minimum Gasteiger partial charge on any atom is -0.396 e. The number of para-hydroxylation sites is 1. The number of nitrogens with zero attached hydrogens (tertiary/aromatic N) is 4. The molecule has 9 nitrogen and oxygen atoms in total. The van der Waals surface area contributed by atoms with E-state index in [1.807, 2.05) is 0 Å². The predicted molar refractivity (Wildman–Crippen MR) is 114 cm³/mol. The second kappa shape index (κ2) is 8.01. The van der Waals surface area contributed by atoms with Gasteiger partial charge in [0.05, 0.1) is 18.7 Å². The molecule has 170 valence electrons. The van der Waals surface area contributed by atoms with E-state index in [9.17, 15) is 24.0 Å². The van der Waals surface area contributed by atoms with Gasteiger partial charge in [0.2, 0.25) is 5.91 Å². The van der Waals surface area contributed by atoms with Gasteiger partial charge in [0.25, 0.3) is 11.8 Å². The molecule has 3 atom stereocenters. The van der Waals surface area contributed by atoms with Crippen molar-refractivity contribution in [1.82, 2.24) is 19.8 Å². The van der Waals surface area contributed by atoms with Crippen molar-refractivity contribution in [3.8, 4) is 0 Å². The molecule has 2 aliphatic rings. The highest BCUT2D eigenvalue weighted by Crippen LogP contribution is 2.59. The Morgan fingerprint density at radius 1 is 1.31 bits per heavy atom. The lowest BCUT2D eigenvalue weighted by atomic mass is 10.00. The number of nitrogens with two attached hydrogens (primary N) is 1. The van der Waals surface area contributed by atoms with Gasteiger partial charge in [-0.15, -0.1) is 0 Å². The quantitative estimate of drug-likeness (QED) is 0.491. The van der Waals surface area contributed by atoms with Crippen LogP contribution in [-0.2, 0) is 16.1 Å². The van der Waals surface area contributed by atoms with Gasteiger partial charge in [-0.2, -0.15) is 10.2 Å². The number of hydrogen-bond acceptors (Lipinski definition) is 5. The van der Waals surface area contributed by atoms with Crippen LogP contribution in [0.3, 0.4) is 0 Å². The minimum atomic E-state index is -0.999. The SMILES string of the molecule is CC(C)=CCN(F)C(=O)[C@@H]1C[C@@]2(CO)C[C@H]2N1C(=O)Cn1nc(C(N)=O)c2ccccc21. The van der Waals surface area contributed by atoms with Gasteiger partial charge >= 0.3 is 0 Å². The van der Waals surface area contributed by atoms with Crippen LogP contribution in [0.1, 0.15) is 37.2 Å². The molecular weight excluding hydrogens is 417 g/mol. The van der Waals surface area contributed by atoms with E-state index in [1.54, 1.807) is 44.2 Å². The molecule has 0 radical (unpaired) electrons. The van der Waals surface area contributed by atoms with Crippen molar-refractivity contribution in [3.63, 3.8) is 0 Å². The van der Waals surface area contributed by atoms with Crippen LogP contribution in [0.5, 0.6) is 0 Å². The van der Waals surface area contributed by atoms with Crippen molar-refractivity contribution in [1.29, 1.82) is 0 Å². The summed E-state index contributed by atoms with van der Waals surface area (Å²) < 4.78 is 15.9. The summed E-state index contributed by atoms with van der Waals surface area (Å²) in [7, 11) is 0. The second-order valence-corrected chi connectivity index (χ2v) is 8.81. The van der Waals surface area contributed by atoms with Crippen LogP contribution in [0, 0.1) is 5.41 Å². The Bertz CT molecular complexity index is 1120. The number of amides is 3. The average Bonchev–Trinajstić information content (AvgIpc) is 3.19. The number of piperidine rings is 1. The Morgan fingerprint density at radius 2 is 2.03 bits per heavy atom. The molecule has 2 heterocycles. The van der Waals surface area contributed by atoms with E-state index in [2.05, 4.69) is 5.10 Å². The lowest BCUT2D eigenvalue weighted by molar-refractivity contribution is -0.155. The number of primary amides is 1. The number of rotatable bonds is 7. The molecule has 0 bridgehead atoms. The van der Waals surface area contributed by atoms with Crippen LogP contribution in [0.2, 0.25) is 0 Å². The molecule has 0 unspecified atom stereocenters. The molecule has 2 fully saturated rings. The van der Waals surface area contributed by atoms with Crippen LogP contribution in [0.4, 0.5) is 4.48 Å². The van der Waals surface area contributed by atoms with E-state index in [4.69, 9.17) is 5.73 Å². The predicted octanol–water partition coefficient (Wildman–Crippen LogP) is 1.17. The standard InChI is InChI=1S/C22H26FN5O4/c1-13(2)7-8-26(23)21(32)16-9-22(12-29)10-17(22)28(16)18(30)11-27-15-6-4-3-5-14(15)19(25-27)20(24)31/h3-7,16-17,29H,8-12H2,1-2H3,(H2,24,31)/t16-,17+,22-/m0/s1. The molecule has 10 heteroatoms. The fraction of sp³-hybridized carbons (Fsp3) is 0.455. The number of carbonyl (C=O) groups is 3. The Labute approximate surface area is 184 Å². The number of benzene rings is 1. The first-order valence-electron chi connectivity index (χ1n) is 10.5. The highest BCUT2D eigenvalue weighted by atomic mass is 19.2. The zero-order chi connectivity index (χ0) is 23.2. The van der Waals surface area contributed by atoms with Crippen LogP contribution in [-0.4, -0.2) is 67.9 Å². The maximum absolute atomic E-state index is 14.5. The van der Waals surface area contributed by atoms with Crippen molar-refractivity contribution in [3.05, 3.63) is 41.6 Å². The third-order valence-corrected chi connectivity index (χ3v) is 6.38. The molecule has 3 amide bonds. The van der Waals surface area contributed by atoms with E-state index in [0.29, 0.717) is 17.3 Å². The molecule has 1 saturated heterocycles. The summed E-state index contributed by atoms with van der Waals surface area (Å²) in [6.07, 6.45) is 2.36.